The predicted molar refractivity (Wildman–Crippen MR) is 145 cm³/mol. The van der Waals surface area contributed by atoms with E-state index in [9.17, 15) is 9.59 Å². The molecule has 0 bridgehead atoms. The van der Waals surface area contributed by atoms with Gasteiger partial charge in [0, 0.05) is 36.3 Å². The molecule has 0 saturated heterocycles. The van der Waals surface area contributed by atoms with E-state index >= 15 is 0 Å². The van der Waals surface area contributed by atoms with Gasteiger partial charge in [0.05, 0.1) is 48.0 Å². The third kappa shape index (κ3) is 5.07. The normalized spacial score (nSPS) is 10.8. The second-order valence-corrected chi connectivity index (χ2v) is 8.48. The number of aromatic nitrogens is 3. The monoisotopic (exact) mass is 537 g/mol. The van der Waals surface area contributed by atoms with Crippen molar-refractivity contribution < 1.29 is 33.2 Å². The molecule has 11 heteroatoms. The van der Waals surface area contributed by atoms with Crippen LogP contribution in [0.1, 0.15) is 22.7 Å². The first kappa shape index (κ1) is 27.4. The van der Waals surface area contributed by atoms with Gasteiger partial charge in [-0.2, -0.15) is 0 Å². The Morgan fingerprint density at radius 3 is 1.97 bits per heavy atom. The van der Waals surface area contributed by atoms with Crippen molar-refractivity contribution in [1.82, 2.24) is 14.5 Å². The van der Waals surface area contributed by atoms with Gasteiger partial charge in [-0.05, 0) is 36.2 Å². The van der Waals surface area contributed by atoms with Crippen molar-refractivity contribution in [1.29, 1.82) is 0 Å². The van der Waals surface area contributed by atoms with Gasteiger partial charge in [0.15, 0.2) is 23.0 Å². The van der Waals surface area contributed by atoms with E-state index in [2.05, 4.69) is 9.97 Å². The minimum Gasteiger partial charge on any atom is -0.493 e. The zero-order valence-corrected chi connectivity index (χ0v) is 22.7. The van der Waals surface area contributed by atoms with Gasteiger partial charge < -0.3 is 38.0 Å². The number of ether oxygens (including phenoxy) is 6. The van der Waals surface area contributed by atoms with Crippen LogP contribution in [-0.4, -0.2) is 63.2 Å². The number of pyridine rings is 1. The molecule has 0 unspecified atom stereocenters. The summed E-state index contributed by atoms with van der Waals surface area (Å²) < 4.78 is 34.3. The van der Waals surface area contributed by atoms with Crippen LogP contribution in [0.2, 0.25) is 0 Å². The molecule has 206 valence electrons. The third-order valence-electron chi connectivity index (χ3n) is 6.46. The Kier molecular flexibility index (Phi) is 8.28. The van der Waals surface area contributed by atoms with E-state index < -0.39 is 5.97 Å². The van der Waals surface area contributed by atoms with E-state index in [1.165, 1.54) is 47.2 Å². The zero-order chi connectivity index (χ0) is 28.1. The molecule has 2 aromatic carbocycles. The molecule has 11 nitrogen and oxygen atoms in total. The number of carbonyl (C=O) groups excluding carboxylic acids is 1. The summed E-state index contributed by atoms with van der Waals surface area (Å²) in [4.78, 5) is 34.6. The molecule has 4 aromatic rings. The van der Waals surface area contributed by atoms with Crippen LogP contribution in [0, 0.1) is 0 Å². The molecule has 2 aromatic heterocycles. The second kappa shape index (κ2) is 11.8. The zero-order valence-electron chi connectivity index (χ0n) is 22.7. The second-order valence-electron chi connectivity index (χ2n) is 8.48. The maximum Gasteiger partial charge on any atom is 0.355 e. The Balaban J connectivity index is 2.09. The Morgan fingerprint density at radius 1 is 0.846 bits per heavy atom. The van der Waals surface area contributed by atoms with Crippen LogP contribution >= 0.6 is 0 Å². The quantitative estimate of drug-likeness (QED) is 0.284. The number of hydrogen-bond donors (Lipinski definition) is 1. The highest BCUT2D eigenvalue weighted by atomic mass is 16.5. The largest absolute Gasteiger partial charge is 0.493 e. The standard InChI is InChI=1S/C28H31N3O8/c1-34-19-14-17-18(15-20(19)35-2)27(32)31(11-7-8-23-29-9-10-30-23)25(28(33)39-6)24(17)16-12-21(36-3)26(38-5)22(13-16)37-4/h9-10,12-15H,7-8,11H2,1-6H3,(H,29,30). The molecule has 0 saturated carbocycles. The van der Waals surface area contributed by atoms with Crippen molar-refractivity contribution in [2.75, 3.05) is 42.7 Å². The molecule has 0 aliphatic heterocycles. The molecule has 2 heterocycles. The van der Waals surface area contributed by atoms with E-state index in [4.69, 9.17) is 28.4 Å². The Morgan fingerprint density at radius 2 is 1.46 bits per heavy atom. The number of nitrogens with one attached hydrogen (secondary N) is 1. The van der Waals surface area contributed by atoms with Crippen LogP contribution in [0.3, 0.4) is 0 Å². The van der Waals surface area contributed by atoms with Gasteiger partial charge in [-0.25, -0.2) is 9.78 Å². The number of fused-ring (bicyclic) bond motifs is 1. The molecule has 4 rings (SSSR count). The first-order chi connectivity index (χ1) is 18.9. The predicted octanol–water partition coefficient (Wildman–Crippen LogP) is 3.85. The van der Waals surface area contributed by atoms with Crippen LogP contribution in [-0.2, 0) is 17.7 Å². The number of imidazole rings is 1. The number of benzene rings is 2. The average Bonchev–Trinajstić information content (AvgIpc) is 3.49. The van der Waals surface area contributed by atoms with E-state index in [0.717, 1.165) is 5.82 Å². The fourth-order valence-electron chi connectivity index (χ4n) is 4.65. The Bertz CT molecular complexity index is 1520. The summed E-state index contributed by atoms with van der Waals surface area (Å²) >= 11 is 0. The first-order valence-corrected chi connectivity index (χ1v) is 12.1. The lowest BCUT2D eigenvalue weighted by atomic mass is 9.95. The summed E-state index contributed by atoms with van der Waals surface area (Å²) in [6.45, 7) is 0.228. The number of esters is 1. The molecular formula is C28H31N3O8. The molecule has 1 N–H and O–H groups in total. The number of H-pyrrole nitrogens is 1. The average molecular weight is 538 g/mol. The van der Waals surface area contributed by atoms with Crippen LogP contribution in [0.25, 0.3) is 21.9 Å². The van der Waals surface area contributed by atoms with Gasteiger partial charge in [-0.1, -0.05) is 0 Å². The van der Waals surface area contributed by atoms with E-state index in [1.54, 1.807) is 36.7 Å². The number of carbonyl (C=O) groups is 1. The highest BCUT2D eigenvalue weighted by Crippen LogP contribution is 2.44. The maximum atomic E-state index is 13.9. The van der Waals surface area contributed by atoms with Gasteiger partial charge >= 0.3 is 5.97 Å². The molecular weight excluding hydrogens is 506 g/mol. The molecule has 0 radical (unpaired) electrons. The first-order valence-electron chi connectivity index (χ1n) is 12.1. The summed E-state index contributed by atoms with van der Waals surface area (Å²) in [5, 5.41) is 0.802. The Hall–Kier alpha value is -4.67. The Labute approximate surface area is 225 Å². The lowest BCUT2D eigenvalue weighted by molar-refractivity contribution is 0.0587. The van der Waals surface area contributed by atoms with Crippen molar-refractivity contribution in [2.45, 2.75) is 19.4 Å². The summed E-state index contributed by atoms with van der Waals surface area (Å²) in [7, 11) is 8.78. The molecule has 0 atom stereocenters. The van der Waals surface area contributed by atoms with Crippen molar-refractivity contribution in [3.05, 3.63) is 58.5 Å². The SMILES string of the molecule is COC(=O)c1c(-c2cc(OC)c(OC)c(OC)c2)c2cc(OC)c(OC)cc2c(=O)n1CCCc1ncc[nH]1. The van der Waals surface area contributed by atoms with Crippen molar-refractivity contribution in [3.63, 3.8) is 0 Å². The van der Waals surface area contributed by atoms with Crippen molar-refractivity contribution in [3.8, 4) is 39.9 Å². The van der Waals surface area contributed by atoms with E-state index in [-0.39, 0.29) is 17.8 Å². The third-order valence-corrected chi connectivity index (χ3v) is 6.46. The molecule has 0 spiro atoms. The highest BCUT2D eigenvalue weighted by Gasteiger charge is 2.27. The summed E-state index contributed by atoms with van der Waals surface area (Å²) in [6, 6.07) is 6.73. The lowest BCUT2D eigenvalue weighted by Crippen LogP contribution is -2.28. The number of methoxy groups -OCH3 is 6. The summed E-state index contributed by atoms with van der Waals surface area (Å²) in [6.07, 6.45) is 4.51. The number of hydrogen-bond acceptors (Lipinski definition) is 9. The van der Waals surface area contributed by atoms with Crippen molar-refractivity contribution in [2.24, 2.45) is 0 Å². The van der Waals surface area contributed by atoms with E-state index in [1.807, 2.05) is 0 Å². The minimum atomic E-state index is -0.675. The van der Waals surface area contributed by atoms with Gasteiger partial charge in [0.2, 0.25) is 5.75 Å². The molecule has 0 aliphatic rings. The number of aromatic amines is 1. The van der Waals surface area contributed by atoms with Gasteiger partial charge in [-0.3, -0.25) is 4.79 Å². The topological polar surface area (TPSA) is 123 Å². The minimum absolute atomic E-state index is 0.0796. The van der Waals surface area contributed by atoms with Crippen LogP contribution < -0.4 is 29.2 Å². The van der Waals surface area contributed by atoms with Crippen LogP contribution in [0.5, 0.6) is 28.7 Å². The number of rotatable bonds is 11. The molecule has 0 aliphatic carbocycles. The van der Waals surface area contributed by atoms with Crippen LogP contribution in [0.15, 0.2) is 41.5 Å². The van der Waals surface area contributed by atoms with Gasteiger partial charge in [0.1, 0.15) is 11.5 Å². The molecule has 0 fully saturated rings. The highest BCUT2D eigenvalue weighted by molar-refractivity contribution is 6.08. The number of aryl methyl sites for hydroxylation is 1. The molecule has 39 heavy (non-hydrogen) atoms. The van der Waals surface area contributed by atoms with Gasteiger partial charge in [0.25, 0.3) is 5.56 Å². The number of nitrogens with zero attached hydrogens (tertiary/aromatic N) is 2. The fraction of sp³-hybridized carbons (Fsp3) is 0.321. The maximum absolute atomic E-state index is 13.9. The summed E-state index contributed by atoms with van der Waals surface area (Å²) in [5.74, 6) is 2.03. The van der Waals surface area contributed by atoms with Crippen molar-refractivity contribution >= 4 is 16.7 Å². The summed E-state index contributed by atoms with van der Waals surface area (Å²) in [5.41, 5.74) is 0.689. The smallest absolute Gasteiger partial charge is 0.355 e. The lowest BCUT2D eigenvalue weighted by Gasteiger charge is -2.21. The molecule has 0 amide bonds. The van der Waals surface area contributed by atoms with E-state index in [0.29, 0.717) is 63.5 Å². The van der Waals surface area contributed by atoms with Gasteiger partial charge in [-0.15, -0.1) is 0 Å². The van der Waals surface area contributed by atoms with Crippen LogP contribution in [0.4, 0.5) is 0 Å². The fourth-order valence-corrected chi connectivity index (χ4v) is 4.65.